The molecule has 2 N–H and O–H groups in total. The molecular weight excluding hydrogens is 312 g/mol. The first-order chi connectivity index (χ1) is 10.9. The second-order valence-electron chi connectivity index (χ2n) is 5.27. The predicted octanol–water partition coefficient (Wildman–Crippen LogP) is 2.59. The Labute approximate surface area is 136 Å². The van der Waals surface area contributed by atoms with E-state index in [4.69, 9.17) is 0 Å². The SMILES string of the molecule is CC(=O)c1ccc(NCCNS(=O)(=O)c2ccc(C)cc2)cc1. The Kier molecular flexibility index (Phi) is 5.52. The number of hydrogen-bond donors (Lipinski definition) is 2. The van der Waals surface area contributed by atoms with Gasteiger partial charge in [0.1, 0.15) is 0 Å². The minimum atomic E-state index is -3.48. The minimum Gasteiger partial charge on any atom is -0.384 e. The van der Waals surface area contributed by atoms with E-state index in [1.807, 2.05) is 6.92 Å². The molecule has 2 rings (SSSR count). The van der Waals surface area contributed by atoms with Crippen LogP contribution in [0.15, 0.2) is 53.4 Å². The molecule has 122 valence electrons. The standard InChI is InChI=1S/C17H20N2O3S/c1-13-3-9-17(10-4-13)23(21,22)19-12-11-18-16-7-5-15(6-8-16)14(2)20/h3-10,18-19H,11-12H2,1-2H3. The molecule has 0 atom stereocenters. The lowest BCUT2D eigenvalue weighted by Gasteiger charge is -2.09. The lowest BCUT2D eigenvalue weighted by molar-refractivity contribution is 0.101. The van der Waals surface area contributed by atoms with Gasteiger partial charge in [0, 0.05) is 24.3 Å². The van der Waals surface area contributed by atoms with Crippen LogP contribution in [-0.2, 0) is 10.0 Å². The highest BCUT2D eigenvalue weighted by atomic mass is 32.2. The smallest absolute Gasteiger partial charge is 0.240 e. The highest BCUT2D eigenvalue weighted by Gasteiger charge is 2.12. The Morgan fingerprint density at radius 1 is 0.957 bits per heavy atom. The molecule has 5 nitrogen and oxygen atoms in total. The fourth-order valence-electron chi connectivity index (χ4n) is 2.02. The third-order valence-electron chi connectivity index (χ3n) is 3.37. The summed E-state index contributed by atoms with van der Waals surface area (Å²) in [5, 5.41) is 3.11. The largest absolute Gasteiger partial charge is 0.384 e. The number of benzene rings is 2. The molecule has 0 aliphatic carbocycles. The maximum Gasteiger partial charge on any atom is 0.240 e. The first-order valence-electron chi connectivity index (χ1n) is 7.30. The van der Waals surface area contributed by atoms with E-state index in [0.717, 1.165) is 11.3 Å². The van der Waals surface area contributed by atoms with Gasteiger partial charge < -0.3 is 5.32 Å². The lowest BCUT2D eigenvalue weighted by Crippen LogP contribution is -2.28. The van der Waals surface area contributed by atoms with Crippen molar-refractivity contribution in [2.75, 3.05) is 18.4 Å². The van der Waals surface area contributed by atoms with Crippen molar-refractivity contribution in [1.82, 2.24) is 4.72 Å². The minimum absolute atomic E-state index is 0.0161. The molecule has 0 saturated carbocycles. The number of rotatable bonds is 7. The van der Waals surface area contributed by atoms with E-state index in [-0.39, 0.29) is 17.2 Å². The molecule has 0 spiro atoms. The summed E-state index contributed by atoms with van der Waals surface area (Å²) < 4.78 is 26.7. The van der Waals surface area contributed by atoms with Gasteiger partial charge in [0.25, 0.3) is 0 Å². The van der Waals surface area contributed by atoms with E-state index in [0.29, 0.717) is 12.1 Å². The van der Waals surface area contributed by atoms with Gasteiger partial charge in [-0.1, -0.05) is 17.7 Å². The average molecular weight is 332 g/mol. The van der Waals surface area contributed by atoms with Crippen molar-refractivity contribution < 1.29 is 13.2 Å². The number of hydrogen-bond acceptors (Lipinski definition) is 4. The van der Waals surface area contributed by atoms with Gasteiger partial charge in [-0.15, -0.1) is 0 Å². The number of aryl methyl sites for hydroxylation is 1. The summed E-state index contributed by atoms with van der Waals surface area (Å²) in [5.41, 5.74) is 2.50. The number of nitrogens with one attached hydrogen (secondary N) is 2. The van der Waals surface area contributed by atoms with Gasteiger partial charge in [0.05, 0.1) is 4.90 Å². The Morgan fingerprint density at radius 3 is 2.13 bits per heavy atom. The van der Waals surface area contributed by atoms with Crippen LogP contribution in [0.3, 0.4) is 0 Å². The Morgan fingerprint density at radius 2 is 1.57 bits per heavy atom. The van der Waals surface area contributed by atoms with Crippen LogP contribution in [0.1, 0.15) is 22.8 Å². The third kappa shape index (κ3) is 4.91. The van der Waals surface area contributed by atoms with Crippen LogP contribution in [0, 0.1) is 6.92 Å². The van der Waals surface area contributed by atoms with Crippen molar-refractivity contribution >= 4 is 21.5 Å². The van der Waals surface area contributed by atoms with Crippen molar-refractivity contribution in [2.45, 2.75) is 18.7 Å². The molecule has 0 unspecified atom stereocenters. The maximum atomic E-state index is 12.1. The van der Waals surface area contributed by atoms with Crippen molar-refractivity contribution in [2.24, 2.45) is 0 Å². The molecule has 23 heavy (non-hydrogen) atoms. The molecule has 0 aliphatic heterocycles. The van der Waals surface area contributed by atoms with Crippen LogP contribution in [0.2, 0.25) is 0 Å². The van der Waals surface area contributed by atoms with Crippen molar-refractivity contribution in [3.63, 3.8) is 0 Å². The zero-order chi connectivity index (χ0) is 16.9. The van der Waals surface area contributed by atoms with Crippen LogP contribution in [0.25, 0.3) is 0 Å². The monoisotopic (exact) mass is 332 g/mol. The summed E-state index contributed by atoms with van der Waals surface area (Å²) in [7, 11) is -3.48. The van der Waals surface area contributed by atoms with Crippen molar-refractivity contribution in [3.8, 4) is 0 Å². The predicted molar refractivity (Wildman–Crippen MR) is 91.3 cm³/mol. The number of carbonyl (C=O) groups excluding carboxylic acids is 1. The Bertz CT molecular complexity index is 766. The molecular formula is C17H20N2O3S. The van der Waals surface area contributed by atoms with E-state index in [1.165, 1.54) is 6.92 Å². The van der Waals surface area contributed by atoms with Gasteiger partial charge in [-0.3, -0.25) is 4.79 Å². The molecule has 0 heterocycles. The molecule has 0 amide bonds. The number of anilines is 1. The molecule has 6 heteroatoms. The van der Waals surface area contributed by atoms with Crippen LogP contribution in [0.4, 0.5) is 5.69 Å². The molecule has 0 aliphatic rings. The van der Waals surface area contributed by atoms with Crippen LogP contribution in [0.5, 0.6) is 0 Å². The topological polar surface area (TPSA) is 75.3 Å². The first kappa shape index (κ1) is 17.2. The second-order valence-corrected chi connectivity index (χ2v) is 7.04. The normalized spacial score (nSPS) is 11.2. The molecule has 0 radical (unpaired) electrons. The zero-order valence-electron chi connectivity index (χ0n) is 13.2. The lowest BCUT2D eigenvalue weighted by atomic mass is 10.1. The van der Waals surface area contributed by atoms with Gasteiger partial charge in [0.2, 0.25) is 10.0 Å². The second kappa shape index (κ2) is 7.39. The molecule has 2 aromatic rings. The molecule has 0 saturated heterocycles. The quantitative estimate of drug-likeness (QED) is 0.604. The Hall–Kier alpha value is -2.18. The molecule has 0 aromatic heterocycles. The first-order valence-corrected chi connectivity index (χ1v) is 8.78. The molecule has 2 aromatic carbocycles. The van der Waals surface area contributed by atoms with Gasteiger partial charge in [-0.2, -0.15) is 0 Å². The molecule has 0 bridgehead atoms. The highest BCUT2D eigenvalue weighted by Crippen LogP contribution is 2.11. The summed E-state index contributed by atoms with van der Waals surface area (Å²) in [6.45, 7) is 4.14. The van der Waals surface area contributed by atoms with E-state index in [1.54, 1.807) is 48.5 Å². The van der Waals surface area contributed by atoms with E-state index in [2.05, 4.69) is 10.0 Å². The number of Topliss-reactive ketones (excluding diaryl/α,β-unsaturated/α-hetero) is 1. The van der Waals surface area contributed by atoms with Crippen molar-refractivity contribution in [3.05, 3.63) is 59.7 Å². The average Bonchev–Trinajstić information content (AvgIpc) is 2.52. The number of sulfonamides is 1. The van der Waals surface area contributed by atoms with Gasteiger partial charge >= 0.3 is 0 Å². The summed E-state index contributed by atoms with van der Waals surface area (Å²) in [5.74, 6) is 0.0161. The third-order valence-corrected chi connectivity index (χ3v) is 4.85. The van der Waals surface area contributed by atoms with Gasteiger partial charge in [0.15, 0.2) is 5.78 Å². The van der Waals surface area contributed by atoms with Crippen LogP contribution >= 0.6 is 0 Å². The van der Waals surface area contributed by atoms with E-state index >= 15 is 0 Å². The maximum absolute atomic E-state index is 12.1. The number of carbonyl (C=O) groups is 1. The van der Waals surface area contributed by atoms with Gasteiger partial charge in [-0.05, 0) is 50.2 Å². The highest BCUT2D eigenvalue weighted by molar-refractivity contribution is 7.89. The van der Waals surface area contributed by atoms with E-state index in [9.17, 15) is 13.2 Å². The van der Waals surface area contributed by atoms with Gasteiger partial charge in [-0.25, -0.2) is 13.1 Å². The van der Waals surface area contributed by atoms with Crippen LogP contribution in [-0.4, -0.2) is 27.3 Å². The summed E-state index contributed by atoms with van der Waals surface area (Å²) in [6.07, 6.45) is 0. The van der Waals surface area contributed by atoms with Crippen LogP contribution < -0.4 is 10.0 Å². The summed E-state index contributed by atoms with van der Waals surface area (Å²) in [4.78, 5) is 11.4. The van der Waals surface area contributed by atoms with Crippen molar-refractivity contribution in [1.29, 1.82) is 0 Å². The molecule has 0 fully saturated rings. The Balaban J connectivity index is 1.84. The van der Waals surface area contributed by atoms with E-state index < -0.39 is 10.0 Å². The fourth-order valence-corrected chi connectivity index (χ4v) is 3.05. The summed E-state index contributed by atoms with van der Waals surface area (Å²) in [6, 6.07) is 13.8. The number of ketones is 1. The fraction of sp³-hybridized carbons (Fsp3) is 0.235. The summed E-state index contributed by atoms with van der Waals surface area (Å²) >= 11 is 0. The zero-order valence-corrected chi connectivity index (χ0v) is 14.0.